The third-order valence-corrected chi connectivity index (χ3v) is 3.06. The molecule has 2 rings (SSSR count). The minimum Gasteiger partial charge on any atom is -0.496 e. The molecule has 0 atom stereocenters. The van der Waals surface area contributed by atoms with Crippen LogP contribution in [0.3, 0.4) is 0 Å². The summed E-state index contributed by atoms with van der Waals surface area (Å²) in [6.45, 7) is 6.43. The van der Waals surface area contributed by atoms with Gasteiger partial charge in [0.05, 0.1) is 19.0 Å². The van der Waals surface area contributed by atoms with Crippen LogP contribution in [0.15, 0.2) is 24.4 Å². The monoisotopic (exact) mass is 260 g/mol. The number of benzene rings is 1. The van der Waals surface area contributed by atoms with Crippen LogP contribution in [-0.2, 0) is 5.41 Å². The number of anilines is 1. The topological polar surface area (TPSA) is 79.1 Å². The van der Waals surface area contributed by atoms with E-state index >= 15 is 0 Å². The summed E-state index contributed by atoms with van der Waals surface area (Å²) in [7, 11) is 1.68. The Balaban J connectivity index is 2.55. The zero-order valence-electron chi connectivity index (χ0n) is 11.8. The summed E-state index contributed by atoms with van der Waals surface area (Å²) in [4.78, 5) is 4.23. The van der Waals surface area contributed by atoms with Crippen molar-refractivity contribution in [3.05, 3.63) is 30.0 Å². The molecule has 102 valence electrons. The molecule has 0 saturated heterocycles. The molecule has 0 radical (unpaired) electrons. The van der Waals surface area contributed by atoms with Crippen molar-refractivity contribution in [2.45, 2.75) is 26.2 Å². The minimum absolute atomic E-state index is 0.0157. The normalized spacial score (nSPS) is 11.6. The number of nitrogens with zero attached hydrogens (tertiary/aromatic N) is 2. The van der Waals surface area contributed by atoms with Crippen molar-refractivity contribution in [3.8, 4) is 17.0 Å². The number of hydrogen-bond acceptors (Lipinski definition) is 4. The molecule has 1 heterocycles. The minimum atomic E-state index is -0.0157. The largest absolute Gasteiger partial charge is 0.496 e. The van der Waals surface area contributed by atoms with Crippen LogP contribution in [0.1, 0.15) is 26.3 Å². The summed E-state index contributed by atoms with van der Waals surface area (Å²) in [6, 6.07) is 5.97. The lowest BCUT2D eigenvalue weighted by Crippen LogP contribution is -2.12. The van der Waals surface area contributed by atoms with Crippen LogP contribution in [0.4, 0.5) is 5.95 Å². The second kappa shape index (κ2) is 4.50. The van der Waals surface area contributed by atoms with Crippen LogP contribution >= 0.6 is 0 Å². The number of nitrogen functional groups attached to an aromatic ring is 2. The van der Waals surface area contributed by atoms with Crippen LogP contribution in [0, 0.1) is 0 Å². The van der Waals surface area contributed by atoms with Gasteiger partial charge in [0, 0.05) is 11.1 Å². The summed E-state index contributed by atoms with van der Waals surface area (Å²) in [6.07, 6.45) is 1.71. The molecule has 0 aliphatic carbocycles. The molecule has 4 N–H and O–H groups in total. The number of aromatic nitrogens is 2. The fourth-order valence-electron chi connectivity index (χ4n) is 2.00. The Morgan fingerprint density at radius 1 is 1.26 bits per heavy atom. The average molecular weight is 260 g/mol. The van der Waals surface area contributed by atoms with E-state index in [0.717, 1.165) is 22.6 Å². The van der Waals surface area contributed by atoms with Crippen LogP contribution in [-0.4, -0.2) is 16.8 Å². The van der Waals surface area contributed by atoms with E-state index in [4.69, 9.17) is 16.3 Å². The van der Waals surface area contributed by atoms with Gasteiger partial charge in [0.25, 0.3) is 0 Å². The summed E-state index contributed by atoms with van der Waals surface area (Å²) in [5.74, 6) is 6.83. The van der Waals surface area contributed by atoms with Crippen molar-refractivity contribution in [3.63, 3.8) is 0 Å². The van der Waals surface area contributed by atoms with Gasteiger partial charge in [-0.25, -0.2) is 9.66 Å². The van der Waals surface area contributed by atoms with Gasteiger partial charge in [-0.05, 0) is 23.6 Å². The molecular weight excluding hydrogens is 240 g/mol. The molecular formula is C14H20N4O. The Labute approximate surface area is 113 Å². The number of nitrogens with two attached hydrogens (primary N) is 2. The Kier molecular flexibility index (Phi) is 3.14. The quantitative estimate of drug-likeness (QED) is 0.811. The van der Waals surface area contributed by atoms with Crippen molar-refractivity contribution in [1.82, 2.24) is 9.66 Å². The molecule has 0 bridgehead atoms. The van der Waals surface area contributed by atoms with Crippen LogP contribution < -0.4 is 16.3 Å². The van der Waals surface area contributed by atoms with E-state index in [9.17, 15) is 0 Å². The van der Waals surface area contributed by atoms with E-state index in [1.165, 1.54) is 4.68 Å². The van der Waals surface area contributed by atoms with Gasteiger partial charge in [0.1, 0.15) is 5.75 Å². The molecule has 0 aliphatic rings. The maximum absolute atomic E-state index is 5.66. The van der Waals surface area contributed by atoms with E-state index in [1.54, 1.807) is 13.3 Å². The van der Waals surface area contributed by atoms with Gasteiger partial charge in [-0.15, -0.1) is 0 Å². The third-order valence-electron chi connectivity index (χ3n) is 3.06. The van der Waals surface area contributed by atoms with E-state index in [2.05, 4.69) is 31.8 Å². The lowest BCUT2D eigenvalue weighted by Gasteiger charge is -2.22. The zero-order chi connectivity index (χ0) is 14.2. The Morgan fingerprint density at radius 3 is 2.42 bits per heavy atom. The first-order valence-electron chi connectivity index (χ1n) is 6.11. The summed E-state index contributed by atoms with van der Waals surface area (Å²) in [5, 5.41) is 0. The van der Waals surface area contributed by atoms with Crippen molar-refractivity contribution >= 4 is 5.95 Å². The Morgan fingerprint density at radius 2 is 1.95 bits per heavy atom. The lowest BCUT2D eigenvalue weighted by atomic mass is 9.85. The first-order chi connectivity index (χ1) is 8.82. The van der Waals surface area contributed by atoms with Gasteiger partial charge in [0.15, 0.2) is 0 Å². The fraction of sp³-hybridized carbons (Fsp3) is 0.357. The molecule has 1 aromatic carbocycles. The van der Waals surface area contributed by atoms with Crippen LogP contribution in [0.2, 0.25) is 0 Å². The Hall–Kier alpha value is -2.17. The molecule has 1 aromatic heterocycles. The van der Waals surface area contributed by atoms with Crippen molar-refractivity contribution < 1.29 is 4.74 Å². The lowest BCUT2D eigenvalue weighted by molar-refractivity contribution is 0.397. The van der Waals surface area contributed by atoms with E-state index in [1.807, 2.05) is 12.1 Å². The van der Waals surface area contributed by atoms with Gasteiger partial charge >= 0.3 is 0 Å². The highest BCUT2D eigenvalue weighted by atomic mass is 16.5. The molecule has 0 unspecified atom stereocenters. The predicted octanol–water partition coefficient (Wildman–Crippen LogP) is 2.15. The standard InChI is InChI=1S/C14H20N4O/c1-14(2,3)10-7-9(5-6-12(10)19-4)11-8-18(16)13(15)17-11/h5-8H,16H2,1-4H3,(H2,15,17). The van der Waals surface area contributed by atoms with E-state index in [-0.39, 0.29) is 5.41 Å². The number of rotatable bonds is 2. The van der Waals surface area contributed by atoms with Gasteiger partial charge in [0.2, 0.25) is 5.95 Å². The summed E-state index contributed by atoms with van der Waals surface area (Å²) in [5.41, 5.74) is 8.50. The fourth-order valence-corrected chi connectivity index (χ4v) is 2.00. The van der Waals surface area contributed by atoms with E-state index < -0.39 is 0 Å². The van der Waals surface area contributed by atoms with E-state index in [0.29, 0.717) is 5.95 Å². The summed E-state index contributed by atoms with van der Waals surface area (Å²) >= 11 is 0. The average Bonchev–Trinajstić information content (AvgIpc) is 2.68. The highest BCUT2D eigenvalue weighted by Gasteiger charge is 2.20. The highest BCUT2D eigenvalue weighted by molar-refractivity contribution is 5.64. The SMILES string of the molecule is COc1ccc(-c2cn(N)c(N)n2)cc1C(C)(C)C. The molecule has 0 spiro atoms. The number of methoxy groups -OCH3 is 1. The molecule has 0 amide bonds. The first-order valence-corrected chi connectivity index (χ1v) is 6.11. The molecule has 0 saturated carbocycles. The Bertz CT molecular complexity index is 576. The maximum Gasteiger partial charge on any atom is 0.219 e. The zero-order valence-corrected chi connectivity index (χ0v) is 11.8. The second-order valence-corrected chi connectivity index (χ2v) is 5.56. The third kappa shape index (κ3) is 2.50. The number of imidazole rings is 1. The number of ether oxygens (including phenoxy) is 1. The summed E-state index contributed by atoms with van der Waals surface area (Å²) < 4.78 is 6.73. The highest BCUT2D eigenvalue weighted by Crippen LogP contribution is 2.34. The smallest absolute Gasteiger partial charge is 0.219 e. The molecule has 5 heteroatoms. The maximum atomic E-state index is 5.66. The molecule has 5 nitrogen and oxygen atoms in total. The molecule has 2 aromatic rings. The molecule has 0 fully saturated rings. The van der Waals surface area contributed by atoms with Crippen molar-refractivity contribution in [2.24, 2.45) is 0 Å². The number of hydrogen-bond donors (Lipinski definition) is 2. The van der Waals surface area contributed by atoms with Crippen molar-refractivity contribution in [2.75, 3.05) is 18.7 Å². The van der Waals surface area contributed by atoms with Crippen LogP contribution in [0.5, 0.6) is 5.75 Å². The predicted molar refractivity (Wildman–Crippen MR) is 77.5 cm³/mol. The van der Waals surface area contributed by atoms with Gasteiger partial charge in [-0.1, -0.05) is 20.8 Å². The first kappa shape index (κ1) is 13.3. The second-order valence-electron chi connectivity index (χ2n) is 5.56. The molecule has 0 aliphatic heterocycles. The van der Waals surface area contributed by atoms with Crippen LogP contribution in [0.25, 0.3) is 11.3 Å². The van der Waals surface area contributed by atoms with Gasteiger partial charge < -0.3 is 16.3 Å². The van der Waals surface area contributed by atoms with Crippen molar-refractivity contribution in [1.29, 1.82) is 0 Å². The molecule has 19 heavy (non-hydrogen) atoms. The van der Waals surface area contributed by atoms with Gasteiger partial charge in [-0.2, -0.15) is 0 Å². The van der Waals surface area contributed by atoms with Gasteiger partial charge in [-0.3, -0.25) is 0 Å².